The van der Waals surface area contributed by atoms with Crippen molar-refractivity contribution in [3.63, 3.8) is 0 Å². The molecule has 0 aliphatic heterocycles. The third kappa shape index (κ3) is 1.93. The molecule has 54 valence electrons. The monoisotopic (exact) mass is 155 g/mol. The predicted octanol–water partition coefficient (Wildman–Crippen LogP) is 1.21. The zero-order valence-electron chi connectivity index (χ0n) is 5.53. The molecule has 3 heteroatoms. The van der Waals surface area contributed by atoms with E-state index >= 15 is 0 Å². The van der Waals surface area contributed by atoms with Gasteiger partial charge in [0.1, 0.15) is 0 Å². The van der Waals surface area contributed by atoms with Crippen molar-refractivity contribution in [3.05, 3.63) is 29.0 Å². The van der Waals surface area contributed by atoms with Crippen molar-refractivity contribution >= 4 is 12.2 Å². The highest BCUT2D eigenvalue weighted by Crippen LogP contribution is 1.90. The second-order valence-corrected chi connectivity index (χ2v) is 2.47. The summed E-state index contributed by atoms with van der Waals surface area (Å²) in [6, 6.07) is 3.68. The Hall–Kier alpha value is -0.670. The Labute approximate surface area is 64.7 Å². The number of pyridine rings is 1. The van der Waals surface area contributed by atoms with Crippen LogP contribution in [0.25, 0.3) is 0 Å². The van der Waals surface area contributed by atoms with E-state index in [0.717, 1.165) is 4.51 Å². The lowest BCUT2D eigenvalue weighted by Crippen LogP contribution is -2.00. The van der Waals surface area contributed by atoms with Gasteiger partial charge in [-0.3, -0.25) is 0 Å². The largest absolute Gasteiger partial charge is 0.395 e. The Morgan fingerprint density at radius 2 is 2.00 bits per heavy atom. The number of nitrogens with zero attached hydrogens (tertiary/aromatic N) is 1. The van der Waals surface area contributed by atoms with Gasteiger partial charge in [-0.25, -0.2) is 0 Å². The van der Waals surface area contributed by atoms with Crippen LogP contribution in [0.15, 0.2) is 24.5 Å². The van der Waals surface area contributed by atoms with E-state index in [1.165, 1.54) is 0 Å². The highest BCUT2D eigenvalue weighted by molar-refractivity contribution is 7.71. The highest BCUT2D eigenvalue weighted by Gasteiger charge is 1.83. The molecule has 1 heterocycles. The summed E-state index contributed by atoms with van der Waals surface area (Å²) in [6.45, 7) is 0.803. The molecule has 10 heavy (non-hydrogen) atoms. The van der Waals surface area contributed by atoms with E-state index in [0.29, 0.717) is 6.54 Å². The maximum Gasteiger partial charge on any atom is 0.0610 e. The quantitative estimate of drug-likeness (QED) is 0.649. The topological polar surface area (TPSA) is 25.2 Å². The molecule has 0 radical (unpaired) electrons. The molecule has 0 amide bonds. The van der Waals surface area contributed by atoms with E-state index in [9.17, 15) is 0 Å². The Balaban J connectivity index is 2.79. The van der Waals surface area contributed by atoms with Gasteiger partial charge in [0.25, 0.3) is 0 Å². The van der Waals surface area contributed by atoms with E-state index in [1.54, 1.807) is 0 Å². The van der Waals surface area contributed by atoms with Gasteiger partial charge in [-0.1, -0.05) is 12.2 Å². The lowest BCUT2D eigenvalue weighted by molar-refractivity contribution is 0.276. The van der Waals surface area contributed by atoms with Gasteiger partial charge < -0.3 is 9.67 Å². The number of hydrogen-bond acceptors (Lipinski definition) is 2. The van der Waals surface area contributed by atoms with Crippen LogP contribution in [0.5, 0.6) is 0 Å². The number of aromatic nitrogens is 1. The minimum atomic E-state index is 0.168. The van der Waals surface area contributed by atoms with Gasteiger partial charge in [-0.2, -0.15) is 0 Å². The van der Waals surface area contributed by atoms with Crippen molar-refractivity contribution in [2.75, 3.05) is 6.61 Å². The minimum Gasteiger partial charge on any atom is -0.395 e. The molecule has 0 atom stereocenters. The molecule has 0 aliphatic carbocycles. The van der Waals surface area contributed by atoms with Crippen LogP contribution in [0.2, 0.25) is 0 Å². The molecule has 1 aromatic rings. The van der Waals surface area contributed by atoms with Gasteiger partial charge in [0, 0.05) is 23.4 Å². The van der Waals surface area contributed by atoms with E-state index in [4.69, 9.17) is 17.3 Å². The second kappa shape index (κ2) is 3.49. The molecule has 0 bridgehead atoms. The molecule has 1 rings (SSSR count). The van der Waals surface area contributed by atoms with Gasteiger partial charge in [0.05, 0.1) is 6.61 Å². The summed E-state index contributed by atoms with van der Waals surface area (Å²) in [6.07, 6.45) is 3.72. The Kier molecular flexibility index (Phi) is 2.59. The number of hydrogen-bond donors (Lipinski definition) is 1. The summed E-state index contributed by atoms with van der Waals surface area (Å²) in [4.78, 5) is 0. The lowest BCUT2D eigenvalue weighted by atomic mass is 10.5. The summed E-state index contributed by atoms with van der Waals surface area (Å²) in [5.74, 6) is 0. The first-order valence-electron chi connectivity index (χ1n) is 3.10. The minimum absolute atomic E-state index is 0.168. The van der Waals surface area contributed by atoms with Crippen molar-refractivity contribution in [3.8, 4) is 0 Å². The molecule has 0 unspecified atom stereocenters. The second-order valence-electron chi connectivity index (χ2n) is 2.00. The van der Waals surface area contributed by atoms with Gasteiger partial charge in [0.2, 0.25) is 0 Å². The number of aliphatic hydroxyl groups is 1. The SMILES string of the molecule is OCCn1ccc(=S)cc1. The highest BCUT2D eigenvalue weighted by atomic mass is 32.1. The predicted molar refractivity (Wildman–Crippen MR) is 42.4 cm³/mol. The maximum atomic E-state index is 8.54. The molecule has 0 saturated carbocycles. The molecule has 0 saturated heterocycles. The third-order valence-corrected chi connectivity index (χ3v) is 1.49. The molecule has 0 fully saturated rings. The fraction of sp³-hybridized carbons (Fsp3) is 0.286. The average molecular weight is 155 g/mol. The first kappa shape index (κ1) is 7.44. The smallest absolute Gasteiger partial charge is 0.0610 e. The molecule has 0 spiro atoms. The van der Waals surface area contributed by atoms with E-state index in [2.05, 4.69) is 0 Å². The molecule has 0 aromatic carbocycles. The Morgan fingerprint density at radius 3 is 2.50 bits per heavy atom. The number of aliphatic hydroxyl groups excluding tert-OH is 1. The van der Waals surface area contributed by atoms with Crippen LogP contribution < -0.4 is 0 Å². The molecule has 2 nitrogen and oxygen atoms in total. The third-order valence-electron chi connectivity index (χ3n) is 1.22. The summed E-state index contributed by atoms with van der Waals surface area (Å²) in [5.41, 5.74) is 0. The van der Waals surface area contributed by atoms with E-state index in [-0.39, 0.29) is 6.61 Å². The summed E-state index contributed by atoms with van der Waals surface area (Å²) >= 11 is 4.88. The van der Waals surface area contributed by atoms with Crippen LogP contribution >= 0.6 is 12.2 Å². The van der Waals surface area contributed by atoms with Crippen molar-refractivity contribution in [2.24, 2.45) is 0 Å². The number of rotatable bonds is 2. The fourth-order valence-electron chi connectivity index (χ4n) is 0.708. The molecular formula is C7H9NOS. The van der Waals surface area contributed by atoms with Crippen LogP contribution in [-0.4, -0.2) is 16.3 Å². The van der Waals surface area contributed by atoms with Crippen LogP contribution in [0, 0.1) is 4.51 Å². The van der Waals surface area contributed by atoms with Crippen molar-refractivity contribution in [1.29, 1.82) is 0 Å². The Bertz CT molecular complexity index is 236. The summed E-state index contributed by atoms with van der Waals surface area (Å²) in [5, 5.41) is 8.54. The first-order valence-corrected chi connectivity index (χ1v) is 3.51. The van der Waals surface area contributed by atoms with Crippen molar-refractivity contribution in [2.45, 2.75) is 6.54 Å². The van der Waals surface area contributed by atoms with Crippen molar-refractivity contribution in [1.82, 2.24) is 4.57 Å². The van der Waals surface area contributed by atoms with Crippen LogP contribution in [0.3, 0.4) is 0 Å². The van der Waals surface area contributed by atoms with Crippen LogP contribution in [-0.2, 0) is 6.54 Å². The average Bonchev–Trinajstić information content (AvgIpc) is 1.95. The van der Waals surface area contributed by atoms with Crippen LogP contribution in [0.4, 0.5) is 0 Å². The fourth-order valence-corrected chi connectivity index (χ4v) is 0.830. The van der Waals surface area contributed by atoms with Gasteiger partial charge >= 0.3 is 0 Å². The molecule has 1 N–H and O–H groups in total. The Morgan fingerprint density at radius 1 is 1.40 bits per heavy atom. The van der Waals surface area contributed by atoms with Crippen LogP contribution in [0.1, 0.15) is 0 Å². The first-order chi connectivity index (χ1) is 4.83. The van der Waals surface area contributed by atoms with Gasteiger partial charge in [-0.15, -0.1) is 0 Å². The standard InChI is InChI=1S/C7H9NOS/c9-6-5-8-3-1-7(10)2-4-8/h1-4,9H,5-6H2. The van der Waals surface area contributed by atoms with E-state index in [1.807, 2.05) is 29.1 Å². The van der Waals surface area contributed by atoms with Gasteiger partial charge in [0.15, 0.2) is 0 Å². The maximum absolute atomic E-state index is 8.54. The van der Waals surface area contributed by atoms with Crippen molar-refractivity contribution < 1.29 is 5.11 Å². The molecule has 1 aromatic heterocycles. The zero-order chi connectivity index (χ0) is 7.40. The lowest BCUT2D eigenvalue weighted by Gasteiger charge is -2.00. The zero-order valence-corrected chi connectivity index (χ0v) is 6.34. The summed E-state index contributed by atoms with van der Waals surface area (Å²) in [7, 11) is 0. The van der Waals surface area contributed by atoms with Gasteiger partial charge in [-0.05, 0) is 12.1 Å². The normalized spacial score (nSPS) is 9.70. The summed E-state index contributed by atoms with van der Waals surface area (Å²) < 4.78 is 2.71. The van der Waals surface area contributed by atoms with E-state index < -0.39 is 0 Å². The molecular weight excluding hydrogens is 146 g/mol. The molecule has 0 aliphatic rings.